The summed E-state index contributed by atoms with van der Waals surface area (Å²) < 4.78 is 0. The SMILES string of the molecule is C#CC(C(C)C)N(C)C1CCCCC1. The van der Waals surface area contributed by atoms with Crippen LogP contribution in [0, 0.1) is 18.3 Å². The van der Waals surface area contributed by atoms with Crippen molar-refractivity contribution >= 4 is 0 Å². The van der Waals surface area contributed by atoms with Gasteiger partial charge in [0.05, 0.1) is 6.04 Å². The van der Waals surface area contributed by atoms with Gasteiger partial charge in [-0.15, -0.1) is 6.42 Å². The van der Waals surface area contributed by atoms with Gasteiger partial charge in [0.2, 0.25) is 0 Å². The fraction of sp³-hybridized carbons (Fsp3) is 0.846. The Labute approximate surface area is 88.9 Å². The van der Waals surface area contributed by atoms with Gasteiger partial charge in [0.25, 0.3) is 0 Å². The number of hydrogen-bond donors (Lipinski definition) is 0. The molecule has 0 heterocycles. The molecule has 1 nitrogen and oxygen atoms in total. The van der Waals surface area contributed by atoms with E-state index < -0.39 is 0 Å². The molecule has 0 radical (unpaired) electrons. The van der Waals surface area contributed by atoms with E-state index in [9.17, 15) is 0 Å². The van der Waals surface area contributed by atoms with Crippen molar-refractivity contribution in [2.45, 2.75) is 58.0 Å². The summed E-state index contributed by atoms with van der Waals surface area (Å²) in [5, 5.41) is 0. The Kier molecular flexibility index (Phi) is 4.48. The van der Waals surface area contributed by atoms with Gasteiger partial charge in [0.15, 0.2) is 0 Å². The first-order chi connectivity index (χ1) is 6.66. The molecule has 1 saturated carbocycles. The summed E-state index contributed by atoms with van der Waals surface area (Å²) in [7, 11) is 2.19. The summed E-state index contributed by atoms with van der Waals surface area (Å²) in [5.41, 5.74) is 0. The van der Waals surface area contributed by atoms with Crippen molar-refractivity contribution < 1.29 is 0 Å². The van der Waals surface area contributed by atoms with E-state index in [-0.39, 0.29) is 0 Å². The molecule has 0 amide bonds. The van der Waals surface area contributed by atoms with E-state index in [4.69, 9.17) is 6.42 Å². The second kappa shape index (κ2) is 5.41. The van der Waals surface area contributed by atoms with Crippen LogP contribution in [0.1, 0.15) is 46.0 Å². The van der Waals surface area contributed by atoms with Gasteiger partial charge in [-0.1, -0.05) is 39.0 Å². The molecule has 1 rings (SSSR count). The second-order valence-corrected chi connectivity index (χ2v) is 4.81. The second-order valence-electron chi connectivity index (χ2n) is 4.81. The fourth-order valence-electron chi connectivity index (χ4n) is 2.50. The Morgan fingerprint density at radius 2 is 1.79 bits per heavy atom. The van der Waals surface area contributed by atoms with E-state index in [2.05, 4.69) is 31.7 Å². The van der Waals surface area contributed by atoms with E-state index in [0.717, 1.165) is 6.04 Å². The highest BCUT2D eigenvalue weighted by Gasteiger charge is 2.24. The minimum Gasteiger partial charge on any atom is -0.290 e. The Morgan fingerprint density at radius 1 is 1.21 bits per heavy atom. The average Bonchev–Trinajstić information content (AvgIpc) is 2.19. The molecule has 1 heteroatoms. The van der Waals surface area contributed by atoms with E-state index in [0.29, 0.717) is 12.0 Å². The van der Waals surface area contributed by atoms with Gasteiger partial charge in [0, 0.05) is 6.04 Å². The summed E-state index contributed by atoms with van der Waals surface area (Å²) in [4.78, 5) is 2.42. The minimum atomic E-state index is 0.318. The van der Waals surface area contributed by atoms with E-state index in [1.807, 2.05) is 0 Å². The van der Waals surface area contributed by atoms with Crippen molar-refractivity contribution in [2.75, 3.05) is 7.05 Å². The Balaban J connectivity index is 2.53. The topological polar surface area (TPSA) is 3.24 Å². The molecule has 0 aromatic carbocycles. The third-order valence-corrected chi connectivity index (χ3v) is 3.39. The molecule has 1 atom stereocenters. The molecule has 0 aromatic heterocycles. The van der Waals surface area contributed by atoms with Crippen LogP contribution in [0.5, 0.6) is 0 Å². The molecular formula is C13H23N. The summed E-state index contributed by atoms with van der Waals surface area (Å²) in [5.74, 6) is 3.49. The van der Waals surface area contributed by atoms with Crippen molar-refractivity contribution in [1.29, 1.82) is 0 Å². The monoisotopic (exact) mass is 193 g/mol. The summed E-state index contributed by atoms with van der Waals surface area (Å²) >= 11 is 0. The van der Waals surface area contributed by atoms with E-state index in [1.54, 1.807) is 0 Å². The Hall–Kier alpha value is -0.480. The molecule has 0 aliphatic heterocycles. The Bertz CT molecular complexity index is 196. The first kappa shape index (κ1) is 11.6. The molecule has 80 valence electrons. The van der Waals surface area contributed by atoms with Crippen LogP contribution in [0.4, 0.5) is 0 Å². The quantitative estimate of drug-likeness (QED) is 0.623. The lowest BCUT2D eigenvalue weighted by Gasteiger charge is -2.36. The average molecular weight is 193 g/mol. The van der Waals surface area contributed by atoms with Crippen LogP contribution in [-0.4, -0.2) is 24.0 Å². The first-order valence-corrected chi connectivity index (χ1v) is 5.85. The van der Waals surface area contributed by atoms with Crippen LogP contribution in [0.3, 0.4) is 0 Å². The van der Waals surface area contributed by atoms with Crippen LogP contribution < -0.4 is 0 Å². The first-order valence-electron chi connectivity index (χ1n) is 5.85. The van der Waals surface area contributed by atoms with Crippen LogP contribution in [0.25, 0.3) is 0 Å². The van der Waals surface area contributed by atoms with Gasteiger partial charge in [-0.05, 0) is 25.8 Å². The maximum Gasteiger partial charge on any atom is 0.0735 e. The molecule has 0 spiro atoms. The van der Waals surface area contributed by atoms with Gasteiger partial charge in [-0.3, -0.25) is 4.90 Å². The molecule has 1 aliphatic rings. The van der Waals surface area contributed by atoms with Gasteiger partial charge in [0.1, 0.15) is 0 Å². The smallest absolute Gasteiger partial charge is 0.0735 e. The van der Waals surface area contributed by atoms with Gasteiger partial charge < -0.3 is 0 Å². The zero-order chi connectivity index (χ0) is 10.6. The molecule has 1 aliphatic carbocycles. The fourth-order valence-corrected chi connectivity index (χ4v) is 2.50. The largest absolute Gasteiger partial charge is 0.290 e. The lowest BCUT2D eigenvalue weighted by molar-refractivity contribution is 0.140. The summed E-state index contributed by atoms with van der Waals surface area (Å²) in [6.45, 7) is 4.42. The van der Waals surface area contributed by atoms with Crippen LogP contribution in [0.2, 0.25) is 0 Å². The molecule has 0 bridgehead atoms. The number of hydrogen-bond acceptors (Lipinski definition) is 1. The lowest BCUT2D eigenvalue weighted by atomic mass is 9.92. The molecule has 0 aromatic rings. The van der Waals surface area contributed by atoms with Crippen molar-refractivity contribution in [2.24, 2.45) is 5.92 Å². The van der Waals surface area contributed by atoms with E-state index in [1.165, 1.54) is 32.1 Å². The van der Waals surface area contributed by atoms with Gasteiger partial charge in [-0.25, -0.2) is 0 Å². The predicted octanol–water partition coefficient (Wildman–Crippen LogP) is 2.91. The summed E-state index contributed by atoms with van der Waals surface area (Å²) in [6, 6.07) is 1.05. The molecule has 14 heavy (non-hydrogen) atoms. The molecule has 0 saturated heterocycles. The molecule has 1 unspecified atom stereocenters. The maximum atomic E-state index is 5.59. The minimum absolute atomic E-state index is 0.318. The molecule has 1 fully saturated rings. The highest BCUT2D eigenvalue weighted by Crippen LogP contribution is 2.24. The zero-order valence-electron chi connectivity index (χ0n) is 9.79. The zero-order valence-corrected chi connectivity index (χ0v) is 9.79. The van der Waals surface area contributed by atoms with Crippen LogP contribution in [-0.2, 0) is 0 Å². The lowest BCUT2D eigenvalue weighted by Crippen LogP contribution is -2.43. The van der Waals surface area contributed by atoms with Gasteiger partial charge in [-0.2, -0.15) is 0 Å². The number of nitrogens with zero attached hydrogens (tertiary/aromatic N) is 1. The highest BCUT2D eigenvalue weighted by molar-refractivity contribution is 5.02. The van der Waals surface area contributed by atoms with Gasteiger partial charge >= 0.3 is 0 Å². The summed E-state index contributed by atoms with van der Waals surface area (Å²) in [6.07, 6.45) is 12.4. The van der Waals surface area contributed by atoms with E-state index >= 15 is 0 Å². The van der Waals surface area contributed by atoms with Crippen molar-refractivity contribution in [1.82, 2.24) is 4.90 Å². The van der Waals surface area contributed by atoms with Crippen LogP contribution >= 0.6 is 0 Å². The predicted molar refractivity (Wildman–Crippen MR) is 62.1 cm³/mol. The molecule has 0 N–H and O–H groups in total. The normalized spacial score (nSPS) is 21.1. The van der Waals surface area contributed by atoms with Crippen LogP contribution in [0.15, 0.2) is 0 Å². The van der Waals surface area contributed by atoms with Crippen molar-refractivity contribution in [3.63, 3.8) is 0 Å². The highest BCUT2D eigenvalue weighted by atomic mass is 15.2. The number of terminal acetylenes is 1. The standard InChI is InChI=1S/C13H23N/c1-5-13(11(2)3)14(4)12-9-7-6-8-10-12/h1,11-13H,6-10H2,2-4H3. The Morgan fingerprint density at radius 3 is 2.21 bits per heavy atom. The van der Waals surface area contributed by atoms with Crippen molar-refractivity contribution in [3.8, 4) is 12.3 Å². The third kappa shape index (κ3) is 2.75. The van der Waals surface area contributed by atoms with Crippen molar-refractivity contribution in [3.05, 3.63) is 0 Å². The third-order valence-electron chi connectivity index (χ3n) is 3.39. The molecular weight excluding hydrogens is 170 g/mol. The maximum absolute atomic E-state index is 5.59. The number of rotatable bonds is 3.